The van der Waals surface area contributed by atoms with Crippen LogP contribution in [-0.2, 0) is 0 Å². The third kappa shape index (κ3) is 1.94. The van der Waals surface area contributed by atoms with Gasteiger partial charge in [-0.05, 0) is 26.7 Å². The Kier molecular flexibility index (Phi) is 3.27. The molecule has 0 aromatic carbocycles. The summed E-state index contributed by atoms with van der Waals surface area (Å²) in [6.07, 6.45) is 0. The van der Waals surface area contributed by atoms with Crippen molar-refractivity contribution >= 4 is 8.40 Å². The molecule has 0 heterocycles. The van der Waals surface area contributed by atoms with Gasteiger partial charge in [0, 0.05) is 0 Å². The van der Waals surface area contributed by atoms with Gasteiger partial charge in [-0.3, -0.25) is 0 Å². The fourth-order valence-corrected chi connectivity index (χ4v) is 1.44. The largest absolute Gasteiger partial charge is 0.328 e. The summed E-state index contributed by atoms with van der Waals surface area (Å²) in [5.74, 6) is 0. The van der Waals surface area contributed by atoms with E-state index in [-0.39, 0.29) is 0 Å². The van der Waals surface area contributed by atoms with E-state index in [9.17, 15) is 0 Å². The molecule has 0 spiro atoms. The molecule has 0 unspecified atom stereocenters. The van der Waals surface area contributed by atoms with Gasteiger partial charge in [0.2, 0.25) is 0 Å². The average molecular weight is 132 g/mol. The zero-order chi connectivity index (χ0) is 6.62. The van der Waals surface area contributed by atoms with Crippen LogP contribution in [0, 0.1) is 0 Å². The maximum absolute atomic E-state index is 3.31. The minimum absolute atomic E-state index is 1.17. The molecule has 0 bridgehead atoms. The van der Waals surface area contributed by atoms with Crippen LogP contribution in [-0.4, -0.2) is 22.5 Å². The molecule has 0 amide bonds. The molecule has 0 fully saturated rings. The van der Waals surface area contributed by atoms with E-state index in [1.54, 1.807) is 0 Å². The van der Waals surface area contributed by atoms with E-state index in [1.165, 1.54) is 6.04 Å². The SMILES string of the molecule is CC[Si](C)(NC)NC. The summed E-state index contributed by atoms with van der Waals surface area (Å²) in [6.45, 7) is 4.48. The number of hydrogen-bond acceptors (Lipinski definition) is 2. The highest BCUT2D eigenvalue weighted by Gasteiger charge is 2.19. The second-order valence-corrected chi connectivity index (χ2v) is 6.56. The molecule has 0 aliphatic rings. The van der Waals surface area contributed by atoms with Gasteiger partial charge in [0.25, 0.3) is 0 Å². The third-order valence-corrected chi connectivity index (χ3v) is 5.43. The molecule has 0 saturated heterocycles. The summed E-state index contributed by atoms with van der Waals surface area (Å²) in [4.78, 5) is 6.61. The normalized spacial score (nSPS) is 12.0. The third-order valence-electron chi connectivity index (χ3n) is 1.81. The van der Waals surface area contributed by atoms with Gasteiger partial charge in [0.1, 0.15) is 0 Å². The van der Waals surface area contributed by atoms with Crippen molar-refractivity contribution < 1.29 is 0 Å². The zero-order valence-corrected chi connectivity index (χ0v) is 7.21. The van der Waals surface area contributed by atoms with Crippen molar-refractivity contribution in [2.24, 2.45) is 0 Å². The van der Waals surface area contributed by atoms with Crippen LogP contribution in [0.25, 0.3) is 0 Å². The van der Waals surface area contributed by atoms with Gasteiger partial charge in [-0.1, -0.05) is 6.92 Å². The molecule has 0 aliphatic carbocycles. The second-order valence-electron chi connectivity index (χ2n) is 2.19. The molecule has 50 valence electrons. The molecule has 8 heavy (non-hydrogen) atoms. The van der Waals surface area contributed by atoms with Crippen LogP contribution in [0.2, 0.25) is 12.6 Å². The molecule has 0 aromatic rings. The molecule has 0 radical (unpaired) electrons. The van der Waals surface area contributed by atoms with Gasteiger partial charge < -0.3 is 9.96 Å². The van der Waals surface area contributed by atoms with Crippen LogP contribution in [0.1, 0.15) is 6.92 Å². The Morgan fingerprint density at radius 2 is 1.62 bits per heavy atom. The summed E-state index contributed by atoms with van der Waals surface area (Å²) in [5.41, 5.74) is 0. The Bertz CT molecular complexity index is 53.2. The van der Waals surface area contributed by atoms with E-state index in [1.807, 2.05) is 14.1 Å². The minimum atomic E-state index is -1.17. The van der Waals surface area contributed by atoms with E-state index in [0.717, 1.165) is 0 Å². The molecule has 0 aromatic heterocycles. The van der Waals surface area contributed by atoms with E-state index >= 15 is 0 Å². The monoisotopic (exact) mass is 132 g/mol. The quantitative estimate of drug-likeness (QED) is 0.547. The lowest BCUT2D eigenvalue weighted by atomic mass is 11.0. The van der Waals surface area contributed by atoms with Gasteiger partial charge in [-0.2, -0.15) is 0 Å². The summed E-state index contributed by atoms with van der Waals surface area (Å²) < 4.78 is 0. The first-order valence-corrected chi connectivity index (χ1v) is 5.77. The van der Waals surface area contributed by atoms with Crippen LogP contribution < -0.4 is 9.96 Å². The average Bonchev–Trinajstić information content (AvgIpc) is 1.87. The first-order valence-electron chi connectivity index (χ1n) is 3.06. The van der Waals surface area contributed by atoms with Gasteiger partial charge in [-0.15, -0.1) is 0 Å². The summed E-state index contributed by atoms with van der Waals surface area (Å²) in [5, 5.41) is 0. The highest BCUT2D eigenvalue weighted by Crippen LogP contribution is 1.95. The number of nitrogens with one attached hydrogen (secondary N) is 2. The van der Waals surface area contributed by atoms with E-state index in [2.05, 4.69) is 23.4 Å². The molecule has 0 saturated carbocycles. The molecule has 2 N–H and O–H groups in total. The first kappa shape index (κ1) is 8.14. The van der Waals surface area contributed by atoms with Crippen molar-refractivity contribution in [1.82, 2.24) is 9.96 Å². The van der Waals surface area contributed by atoms with Crippen molar-refractivity contribution in [2.45, 2.75) is 19.5 Å². The van der Waals surface area contributed by atoms with Crippen LogP contribution in [0.4, 0.5) is 0 Å². The van der Waals surface area contributed by atoms with Crippen LogP contribution in [0.5, 0.6) is 0 Å². The predicted molar refractivity (Wildman–Crippen MR) is 40.2 cm³/mol. The highest BCUT2D eigenvalue weighted by atomic mass is 28.3. The smallest absolute Gasteiger partial charge is 0.197 e. The predicted octanol–water partition coefficient (Wildman–Crippen LogP) is 0.517. The highest BCUT2D eigenvalue weighted by molar-refractivity contribution is 6.73. The van der Waals surface area contributed by atoms with Crippen LogP contribution in [0.15, 0.2) is 0 Å². The van der Waals surface area contributed by atoms with Gasteiger partial charge in [-0.25, -0.2) is 0 Å². The molecular formula is C5H16N2Si. The Morgan fingerprint density at radius 1 is 1.25 bits per heavy atom. The summed E-state index contributed by atoms with van der Waals surface area (Å²) in [6, 6.07) is 1.24. The molecule has 3 heteroatoms. The maximum Gasteiger partial charge on any atom is 0.197 e. The Balaban J connectivity index is 3.58. The number of hydrogen-bond donors (Lipinski definition) is 2. The Morgan fingerprint density at radius 3 is 1.62 bits per heavy atom. The van der Waals surface area contributed by atoms with Crippen LogP contribution >= 0.6 is 0 Å². The molecule has 2 nitrogen and oxygen atoms in total. The van der Waals surface area contributed by atoms with Gasteiger partial charge >= 0.3 is 0 Å². The Hall–Kier alpha value is 0.137. The molecular weight excluding hydrogens is 116 g/mol. The second kappa shape index (κ2) is 3.22. The van der Waals surface area contributed by atoms with E-state index in [0.29, 0.717) is 0 Å². The van der Waals surface area contributed by atoms with E-state index in [4.69, 9.17) is 0 Å². The van der Waals surface area contributed by atoms with Gasteiger partial charge in [0.15, 0.2) is 8.40 Å². The van der Waals surface area contributed by atoms with Crippen molar-refractivity contribution in [3.63, 3.8) is 0 Å². The van der Waals surface area contributed by atoms with Crippen molar-refractivity contribution in [1.29, 1.82) is 0 Å². The topological polar surface area (TPSA) is 24.1 Å². The fraction of sp³-hybridized carbons (Fsp3) is 1.00. The van der Waals surface area contributed by atoms with Crippen molar-refractivity contribution in [3.05, 3.63) is 0 Å². The molecule has 0 aliphatic heterocycles. The lowest BCUT2D eigenvalue weighted by molar-refractivity contribution is 0.988. The van der Waals surface area contributed by atoms with Crippen LogP contribution in [0.3, 0.4) is 0 Å². The van der Waals surface area contributed by atoms with Crippen molar-refractivity contribution in [2.75, 3.05) is 14.1 Å². The first-order chi connectivity index (χ1) is 3.68. The molecule has 0 rings (SSSR count). The standard InChI is InChI=1S/C5H16N2Si/c1-5-8(4,6-2)7-3/h6-7H,5H2,1-4H3. The Labute approximate surface area is 52.8 Å². The zero-order valence-electron chi connectivity index (χ0n) is 6.21. The molecule has 0 atom stereocenters. The summed E-state index contributed by atoms with van der Waals surface area (Å²) in [7, 11) is 2.87. The number of rotatable bonds is 3. The lowest BCUT2D eigenvalue weighted by Crippen LogP contribution is -2.56. The summed E-state index contributed by atoms with van der Waals surface area (Å²) >= 11 is 0. The fourth-order valence-electron chi connectivity index (χ4n) is 0.479. The maximum atomic E-state index is 3.31. The minimum Gasteiger partial charge on any atom is -0.328 e. The van der Waals surface area contributed by atoms with Crippen molar-refractivity contribution in [3.8, 4) is 0 Å². The van der Waals surface area contributed by atoms with E-state index < -0.39 is 8.40 Å². The van der Waals surface area contributed by atoms with Gasteiger partial charge in [0.05, 0.1) is 0 Å². The lowest BCUT2D eigenvalue weighted by Gasteiger charge is -2.22.